The predicted octanol–water partition coefficient (Wildman–Crippen LogP) is 3.07. The minimum atomic E-state index is -0.0759. The summed E-state index contributed by atoms with van der Waals surface area (Å²) in [4.78, 5) is 12.3. The molecule has 116 valence electrons. The Morgan fingerprint density at radius 1 is 1.18 bits per heavy atom. The zero-order chi connectivity index (χ0) is 15.4. The van der Waals surface area contributed by atoms with E-state index in [1.807, 2.05) is 6.07 Å². The maximum atomic E-state index is 12.3. The summed E-state index contributed by atoms with van der Waals surface area (Å²) < 4.78 is 10.7. The van der Waals surface area contributed by atoms with E-state index in [1.165, 1.54) is 5.56 Å². The summed E-state index contributed by atoms with van der Waals surface area (Å²) in [7, 11) is 0. The number of carbonyl (C=O) groups is 1. The van der Waals surface area contributed by atoms with Gasteiger partial charge in [0.15, 0.2) is 0 Å². The van der Waals surface area contributed by atoms with Crippen molar-refractivity contribution in [3.05, 3.63) is 59.5 Å². The van der Waals surface area contributed by atoms with Crippen molar-refractivity contribution >= 4 is 5.91 Å². The van der Waals surface area contributed by atoms with Crippen molar-refractivity contribution in [3.63, 3.8) is 0 Å². The molecule has 2 aromatic rings. The molecule has 1 saturated heterocycles. The van der Waals surface area contributed by atoms with Crippen molar-refractivity contribution in [1.82, 2.24) is 5.32 Å². The Bertz CT molecular complexity index is 627. The minimum absolute atomic E-state index is 0.0488. The molecule has 22 heavy (non-hydrogen) atoms. The summed E-state index contributed by atoms with van der Waals surface area (Å²) >= 11 is 0. The number of furan rings is 1. The molecule has 1 aromatic heterocycles. The van der Waals surface area contributed by atoms with Gasteiger partial charge in [-0.1, -0.05) is 30.3 Å². The van der Waals surface area contributed by atoms with Gasteiger partial charge in [0.25, 0.3) is 5.91 Å². The number of hydrogen-bond donors (Lipinski definition) is 1. The Morgan fingerprint density at radius 3 is 2.55 bits per heavy atom. The first-order valence-corrected chi connectivity index (χ1v) is 7.67. The summed E-state index contributed by atoms with van der Waals surface area (Å²) in [5.74, 6) is 0.575. The Morgan fingerprint density at radius 2 is 1.91 bits per heavy atom. The molecular weight excluding hydrogens is 278 g/mol. The second-order valence-corrected chi connectivity index (χ2v) is 5.83. The highest BCUT2D eigenvalue weighted by molar-refractivity contribution is 5.95. The van der Waals surface area contributed by atoms with E-state index in [2.05, 4.69) is 29.6 Å². The molecule has 2 heterocycles. The number of hydrogen-bond acceptors (Lipinski definition) is 3. The molecule has 0 atom stereocenters. The third-order valence-electron chi connectivity index (χ3n) is 4.53. The maximum Gasteiger partial charge on any atom is 0.254 e. The fraction of sp³-hybridized carbons (Fsp3) is 0.389. The summed E-state index contributed by atoms with van der Waals surface area (Å²) in [5, 5.41) is 3.08. The molecule has 0 radical (unpaired) electrons. The Hall–Kier alpha value is -2.07. The molecule has 0 bridgehead atoms. The second-order valence-electron chi connectivity index (χ2n) is 5.83. The minimum Gasteiger partial charge on any atom is -0.469 e. The van der Waals surface area contributed by atoms with Gasteiger partial charge < -0.3 is 14.5 Å². The van der Waals surface area contributed by atoms with E-state index in [1.54, 1.807) is 19.3 Å². The SMILES string of the molecule is Cc1occc1C(=O)NCC1(c2ccccc2)CCOCC1. The fourth-order valence-corrected chi connectivity index (χ4v) is 3.09. The van der Waals surface area contributed by atoms with Gasteiger partial charge >= 0.3 is 0 Å². The molecule has 3 rings (SSSR count). The van der Waals surface area contributed by atoms with Crippen LogP contribution in [0.15, 0.2) is 47.1 Å². The normalized spacial score (nSPS) is 17.1. The van der Waals surface area contributed by atoms with Crippen LogP contribution in [0.25, 0.3) is 0 Å². The van der Waals surface area contributed by atoms with E-state index in [9.17, 15) is 4.79 Å². The van der Waals surface area contributed by atoms with Gasteiger partial charge in [-0.2, -0.15) is 0 Å². The lowest BCUT2D eigenvalue weighted by molar-refractivity contribution is 0.0487. The number of benzene rings is 1. The van der Waals surface area contributed by atoms with Gasteiger partial charge in [0, 0.05) is 25.2 Å². The molecule has 1 aromatic carbocycles. The number of rotatable bonds is 4. The van der Waals surface area contributed by atoms with Crippen LogP contribution in [-0.4, -0.2) is 25.7 Å². The van der Waals surface area contributed by atoms with Crippen molar-refractivity contribution in [1.29, 1.82) is 0 Å². The second kappa shape index (κ2) is 6.36. The average molecular weight is 299 g/mol. The highest BCUT2D eigenvalue weighted by Gasteiger charge is 2.34. The van der Waals surface area contributed by atoms with E-state index < -0.39 is 0 Å². The average Bonchev–Trinajstić information content (AvgIpc) is 3.00. The number of carbonyl (C=O) groups excluding carboxylic acids is 1. The quantitative estimate of drug-likeness (QED) is 0.944. The third kappa shape index (κ3) is 2.92. The highest BCUT2D eigenvalue weighted by Crippen LogP contribution is 2.34. The van der Waals surface area contributed by atoms with Gasteiger partial charge in [-0.15, -0.1) is 0 Å². The van der Waals surface area contributed by atoms with Crippen LogP contribution in [0.5, 0.6) is 0 Å². The Labute approximate surface area is 130 Å². The molecule has 0 aliphatic carbocycles. The molecule has 4 nitrogen and oxygen atoms in total. The standard InChI is InChI=1S/C18H21NO3/c1-14-16(7-10-22-14)17(20)19-13-18(8-11-21-12-9-18)15-5-3-2-4-6-15/h2-7,10H,8-9,11-13H2,1H3,(H,19,20). The van der Waals surface area contributed by atoms with Crippen LogP contribution in [0.4, 0.5) is 0 Å². The largest absolute Gasteiger partial charge is 0.469 e. The summed E-state index contributed by atoms with van der Waals surface area (Å²) in [6.07, 6.45) is 3.38. The lowest BCUT2D eigenvalue weighted by Crippen LogP contribution is -2.44. The van der Waals surface area contributed by atoms with Crippen molar-refractivity contribution in [2.24, 2.45) is 0 Å². The van der Waals surface area contributed by atoms with E-state index in [0.29, 0.717) is 17.9 Å². The molecule has 1 aliphatic heterocycles. The molecule has 1 fully saturated rings. The predicted molar refractivity (Wildman–Crippen MR) is 84.0 cm³/mol. The first-order chi connectivity index (χ1) is 10.7. The molecule has 1 aliphatic rings. The van der Waals surface area contributed by atoms with Gasteiger partial charge in [-0.25, -0.2) is 0 Å². The van der Waals surface area contributed by atoms with Crippen molar-refractivity contribution in [2.45, 2.75) is 25.2 Å². The van der Waals surface area contributed by atoms with Gasteiger partial charge in [0.2, 0.25) is 0 Å². The van der Waals surface area contributed by atoms with Crippen molar-refractivity contribution in [2.75, 3.05) is 19.8 Å². The molecule has 1 amide bonds. The molecule has 4 heteroatoms. The first-order valence-electron chi connectivity index (χ1n) is 7.67. The number of aryl methyl sites for hydroxylation is 1. The molecular formula is C18H21NO3. The Kier molecular flexibility index (Phi) is 4.29. The number of amides is 1. The zero-order valence-corrected chi connectivity index (χ0v) is 12.8. The number of ether oxygens (including phenoxy) is 1. The van der Waals surface area contributed by atoms with Crippen LogP contribution < -0.4 is 5.32 Å². The van der Waals surface area contributed by atoms with Crippen LogP contribution >= 0.6 is 0 Å². The smallest absolute Gasteiger partial charge is 0.254 e. The van der Waals surface area contributed by atoms with Crippen molar-refractivity contribution in [3.8, 4) is 0 Å². The molecule has 0 spiro atoms. The van der Waals surface area contributed by atoms with Crippen LogP contribution in [0.1, 0.15) is 34.5 Å². The Balaban J connectivity index is 1.77. The van der Waals surface area contributed by atoms with Crippen molar-refractivity contribution < 1.29 is 13.9 Å². The fourth-order valence-electron chi connectivity index (χ4n) is 3.09. The lowest BCUT2D eigenvalue weighted by atomic mass is 9.74. The lowest BCUT2D eigenvalue weighted by Gasteiger charge is -2.38. The van der Waals surface area contributed by atoms with E-state index >= 15 is 0 Å². The zero-order valence-electron chi connectivity index (χ0n) is 12.8. The monoisotopic (exact) mass is 299 g/mol. The van der Waals surface area contributed by atoms with Crippen LogP contribution in [0, 0.1) is 6.92 Å². The summed E-state index contributed by atoms with van der Waals surface area (Å²) in [6.45, 7) is 3.88. The van der Waals surface area contributed by atoms with Gasteiger partial charge in [-0.3, -0.25) is 4.79 Å². The number of nitrogens with one attached hydrogen (secondary N) is 1. The van der Waals surface area contributed by atoms with E-state index in [-0.39, 0.29) is 11.3 Å². The van der Waals surface area contributed by atoms with E-state index in [4.69, 9.17) is 9.15 Å². The summed E-state index contributed by atoms with van der Waals surface area (Å²) in [5.41, 5.74) is 1.82. The van der Waals surface area contributed by atoms with Crippen LogP contribution in [0.3, 0.4) is 0 Å². The topological polar surface area (TPSA) is 51.5 Å². The molecule has 1 N–H and O–H groups in total. The first kappa shape index (κ1) is 14.9. The van der Waals surface area contributed by atoms with Crippen LogP contribution in [0.2, 0.25) is 0 Å². The molecule has 0 unspecified atom stereocenters. The highest BCUT2D eigenvalue weighted by atomic mass is 16.5. The van der Waals surface area contributed by atoms with Gasteiger partial charge in [-0.05, 0) is 31.4 Å². The van der Waals surface area contributed by atoms with Gasteiger partial charge in [0.1, 0.15) is 5.76 Å². The summed E-state index contributed by atoms with van der Waals surface area (Å²) in [6, 6.07) is 12.1. The van der Waals surface area contributed by atoms with Gasteiger partial charge in [0.05, 0.1) is 11.8 Å². The molecule has 0 saturated carbocycles. The van der Waals surface area contributed by atoms with Crippen LogP contribution in [-0.2, 0) is 10.2 Å². The third-order valence-corrected chi connectivity index (χ3v) is 4.53. The van der Waals surface area contributed by atoms with E-state index in [0.717, 1.165) is 26.1 Å². The maximum absolute atomic E-state index is 12.3.